The van der Waals surface area contributed by atoms with Gasteiger partial charge in [-0.25, -0.2) is 13.9 Å². The summed E-state index contributed by atoms with van der Waals surface area (Å²) in [6.45, 7) is 0. The van der Waals surface area contributed by atoms with Gasteiger partial charge in [0.1, 0.15) is 11.6 Å². The number of hydrogen-bond donors (Lipinski definition) is 1. The second-order valence-corrected chi connectivity index (χ2v) is 9.30. The van der Waals surface area contributed by atoms with Crippen molar-refractivity contribution in [1.29, 1.82) is 0 Å². The van der Waals surface area contributed by atoms with E-state index in [1.165, 1.54) is 19.6 Å². The molecule has 0 spiro atoms. The Morgan fingerprint density at radius 2 is 1.89 bits per heavy atom. The van der Waals surface area contributed by atoms with Crippen LogP contribution in [-0.4, -0.2) is 35.1 Å². The van der Waals surface area contributed by atoms with Gasteiger partial charge in [-0.3, -0.25) is 4.79 Å². The second-order valence-electron chi connectivity index (χ2n) is 9.30. The van der Waals surface area contributed by atoms with E-state index in [2.05, 4.69) is 15.2 Å². The average molecular weight is 517 g/mol. The van der Waals surface area contributed by atoms with Crippen molar-refractivity contribution < 1.29 is 36.6 Å². The molecule has 11 heteroatoms. The number of halogens is 4. The minimum absolute atomic E-state index is 0.0237. The van der Waals surface area contributed by atoms with E-state index in [9.17, 15) is 27.2 Å². The van der Waals surface area contributed by atoms with Gasteiger partial charge in [0, 0.05) is 23.5 Å². The summed E-state index contributed by atoms with van der Waals surface area (Å²) in [6, 6.07) is 7.40. The molecule has 2 saturated carbocycles. The third-order valence-electron chi connectivity index (χ3n) is 6.96. The quantitative estimate of drug-likeness (QED) is 0.324. The van der Waals surface area contributed by atoms with Crippen LogP contribution in [0.4, 0.5) is 23.2 Å². The lowest BCUT2D eigenvalue weighted by molar-refractivity contribution is -0.274. The van der Waals surface area contributed by atoms with Crippen molar-refractivity contribution in [2.75, 3.05) is 12.4 Å². The number of carbonyl (C=O) groups excluding carboxylic acids is 2. The molecule has 194 valence electrons. The molecule has 2 aliphatic rings. The third-order valence-corrected chi connectivity index (χ3v) is 6.96. The van der Waals surface area contributed by atoms with Crippen LogP contribution < -0.4 is 10.1 Å². The SMILES string of the molecule is COC(=O)c1cc(NC(=O)C2(c3ccc(OC(F)(F)F)cc3F)CC2)ccc1-n1cc(C2CCC2)cn1. The van der Waals surface area contributed by atoms with Crippen molar-refractivity contribution in [3.63, 3.8) is 0 Å². The van der Waals surface area contributed by atoms with Gasteiger partial charge < -0.3 is 14.8 Å². The van der Waals surface area contributed by atoms with Crippen molar-refractivity contribution in [3.8, 4) is 11.4 Å². The Morgan fingerprint density at radius 1 is 1.14 bits per heavy atom. The number of rotatable bonds is 7. The minimum Gasteiger partial charge on any atom is -0.465 e. The number of aromatic nitrogens is 2. The molecule has 1 heterocycles. The van der Waals surface area contributed by atoms with E-state index >= 15 is 0 Å². The van der Waals surface area contributed by atoms with E-state index in [-0.39, 0.29) is 16.8 Å². The van der Waals surface area contributed by atoms with Crippen LogP contribution in [-0.2, 0) is 14.9 Å². The average Bonchev–Trinajstić information content (AvgIpc) is 3.48. The van der Waals surface area contributed by atoms with Crippen LogP contribution >= 0.6 is 0 Å². The summed E-state index contributed by atoms with van der Waals surface area (Å²) >= 11 is 0. The number of nitrogens with zero attached hydrogens (tertiary/aromatic N) is 2. The molecule has 0 saturated heterocycles. The lowest BCUT2D eigenvalue weighted by atomic mass is 9.81. The zero-order chi connectivity index (χ0) is 26.4. The van der Waals surface area contributed by atoms with Gasteiger partial charge in [0.15, 0.2) is 0 Å². The molecule has 1 amide bonds. The maximum atomic E-state index is 14.7. The summed E-state index contributed by atoms with van der Waals surface area (Å²) in [5.74, 6) is -2.38. The molecule has 7 nitrogen and oxygen atoms in total. The number of nitrogens with one attached hydrogen (secondary N) is 1. The maximum Gasteiger partial charge on any atom is 0.573 e. The van der Waals surface area contributed by atoms with Crippen LogP contribution in [0.25, 0.3) is 5.69 Å². The molecule has 0 atom stereocenters. The molecule has 2 fully saturated rings. The van der Waals surface area contributed by atoms with Gasteiger partial charge in [-0.05, 0) is 61.4 Å². The number of hydrogen-bond acceptors (Lipinski definition) is 5. The topological polar surface area (TPSA) is 82.5 Å². The standard InChI is InChI=1S/C26H23F4N3O4/c1-36-23(34)19-11-17(5-8-22(19)33-14-16(13-31-33)15-3-2-4-15)32-24(35)25(9-10-25)20-7-6-18(12-21(20)27)37-26(28,29)30/h5-8,11-15H,2-4,9-10H2,1H3,(H,32,35). The maximum absolute atomic E-state index is 14.7. The zero-order valence-electron chi connectivity index (χ0n) is 19.8. The van der Waals surface area contributed by atoms with Gasteiger partial charge in [-0.15, -0.1) is 13.2 Å². The monoisotopic (exact) mass is 517 g/mol. The first-order chi connectivity index (χ1) is 17.6. The van der Waals surface area contributed by atoms with Gasteiger partial charge in [-0.2, -0.15) is 5.10 Å². The van der Waals surface area contributed by atoms with Crippen LogP contribution in [0.2, 0.25) is 0 Å². The Bertz CT molecular complexity index is 1360. The molecule has 1 N–H and O–H groups in total. The number of carbonyl (C=O) groups is 2. The van der Waals surface area contributed by atoms with Crippen molar-refractivity contribution in [1.82, 2.24) is 9.78 Å². The molecule has 2 aliphatic carbocycles. The fraction of sp³-hybridized carbons (Fsp3) is 0.346. The van der Waals surface area contributed by atoms with Crippen molar-refractivity contribution in [3.05, 3.63) is 71.3 Å². The summed E-state index contributed by atoms with van der Waals surface area (Å²) in [5, 5.41) is 7.09. The highest BCUT2D eigenvalue weighted by atomic mass is 19.4. The van der Waals surface area contributed by atoms with Gasteiger partial charge in [0.25, 0.3) is 0 Å². The summed E-state index contributed by atoms with van der Waals surface area (Å²) < 4.78 is 62.3. The lowest BCUT2D eigenvalue weighted by Crippen LogP contribution is -2.29. The fourth-order valence-electron chi connectivity index (χ4n) is 4.58. The number of amides is 1. The van der Waals surface area contributed by atoms with Gasteiger partial charge in [0.2, 0.25) is 5.91 Å². The number of benzene rings is 2. The van der Waals surface area contributed by atoms with Crippen LogP contribution in [0.15, 0.2) is 48.8 Å². The number of alkyl halides is 3. The Hall–Kier alpha value is -3.89. The molecular formula is C26H23F4N3O4. The highest BCUT2D eigenvalue weighted by Gasteiger charge is 2.53. The molecule has 5 rings (SSSR count). The highest BCUT2D eigenvalue weighted by molar-refractivity contribution is 6.03. The number of esters is 1. The van der Waals surface area contributed by atoms with Crippen LogP contribution in [0.5, 0.6) is 5.75 Å². The minimum atomic E-state index is -4.96. The highest BCUT2D eigenvalue weighted by Crippen LogP contribution is 2.50. The molecule has 2 aromatic carbocycles. The summed E-state index contributed by atoms with van der Waals surface area (Å²) in [6.07, 6.45) is 2.69. The molecule has 0 unspecified atom stereocenters. The van der Waals surface area contributed by atoms with E-state index in [1.807, 2.05) is 6.20 Å². The fourth-order valence-corrected chi connectivity index (χ4v) is 4.58. The Balaban J connectivity index is 1.38. The molecular weight excluding hydrogens is 494 g/mol. The molecule has 3 aromatic rings. The predicted octanol–water partition coefficient (Wildman–Crippen LogP) is 5.63. The van der Waals surface area contributed by atoms with Gasteiger partial charge in [-0.1, -0.05) is 12.5 Å². The number of ether oxygens (including phenoxy) is 2. The number of methoxy groups -OCH3 is 1. The third kappa shape index (κ3) is 4.90. The van der Waals surface area contributed by atoms with E-state index in [1.54, 1.807) is 23.0 Å². The normalized spacial score (nSPS) is 16.6. The lowest BCUT2D eigenvalue weighted by Gasteiger charge is -2.23. The van der Waals surface area contributed by atoms with E-state index < -0.39 is 35.2 Å². The van der Waals surface area contributed by atoms with Crippen molar-refractivity contribution in [2.24, 2.45) is 0 Å². The Morgan fingerprint density at radius 3 is 2.49 bits per heavy atom. The summed E-state index contributed by atoms with van der Waals surface area (Å²) in [5.41, 5.74) is 0.762. The van der Waals surface area contributed by atoms with Crippen molar-refractivity contribution >= 4 is 17.6 Å². The molecule has 1 aromatic heterocycles. The van der Waals surface area contributed by atoms with E-state index in [0.717, 1.165) is 30.5 Å². The van der Waals surface area contributed by atoms with Crippen LogP contribution in [0, 0.1) is 5.82 Å². The number of anilines is 1. The first kappa shape index (κ1) is 24.8. The van der Waals surface area contributed by atoms with Gasteiger partial charge >= 0.3 is 12.3 Å². The first-order valence-electron chi connectivity index (χ1n) is 11.7. The summed E-state index contributed by atoms with van der Waals surface area (Å²) in [7, 11) is 1.24. The first-order valence-corrected chi connectivity index (χ1v) is 11.7. The molecule has 0 aliphatic heterocycles. The predicted molar refractivity (Wildman–Crippen MR) is 124 cm³/mol. The zero-order valence-corrected chi connectivity index (χ0v) is 19.8. The van der Waals surface area contributed by atoms with Crippen LogP contribution in [0.3, 0.4) is 0 Å². The largest absolute Gasteiger partial charge is 0.573 e. The van der Waals surface area contributed by atoms with Crippen molar-refractivity contribution in [2.45, 2.75) is 49.8 Å². The van der Waals surface area contributed by atoms with E-state index in [4.69, 9.17) is 4.74 Å². The smallest absolute Gasteiger partial charge is 0.465 e. The second kappa shape index (κ2) is 9.20. The molecule has 37 heavy (non-hydrogen) atoms. The molecule has 0 bridgehead atoms. The van der Waals surface area contributed by atoms with Gasteiger partial charge in [0.05, 0.1) is 30.0 Å². The van der Waals surface area contributed by atoms with Crippen LogP contribution in [0.1, 0.15) is 59.5 Å². The Kier molecular flexibility index (Phi) is 6.17. The Labute approximate surface area is 209 Å². The summed E-state index contributed by atoms with van der Waals surface area (Å²) in [4.78, 5) is 25.7. The molecule has 0 radical (unpaired) electrons. The van der Waals surface area contributed by atoms with E-state index in [0.29, 0.717) is 30.5 Å².